The second-order valence-corrected chi connectivity index (χ2v) is 6.13. The number of carbonyl (C=O) groups is 1. The minimum absolute atomic E-state index is 0. The molecule has 0 fully saturated rings. The van der Waals surface area contributed by atoms with Crippen molar-refractivity contribution in [3.8, 4) is 11.5 Å². The highest BCUT2D eigenvalue weighted by Gasteiger charge is 2.16. The summed E-state index contributed by atoms with van der Waals surface area (Å²) >= 11 is 0. The molecule has 0 bridgehead atoms. The maximum absolute atomic E-state index is 12.3. The molecule has 0 spiro atoms. The molecule has 148 valence electrons. The van der Waals surface area contributed by atoms with Gasteiger partial charge in [-0.25, -0.2) is 0 Å². The molecule has 6 heteroatoms. The van der Waals surface area contributed by atoms with Crippen molar-refractivity contribution in [2.24, 2.45) is 0 Å². The maximum atomic E-state index is 12.3. The summed E-state index contributed by atoms with van der Waals surface area (Å²) < 4.78 is 10.7. The van der Waals surface area contributed by atoms with E-state index in [0.29, 0.717) is 24.3 Å². The molecule has 1 unspecified atom stereocenters. The Morgan fingerprint density at radius 3 is 2.37 bits per heavy atom. The van der Waals surface area contributed by atoms with Gasteiger partial charge >= 0.3 is 0 Å². The molecule has 5 nitrogen and oxygen atoms in total. The average Bonchev–Trinajstić information content (AvgIpc) is 2.68. The standard InChI is InChI=1S/C21H28N2O3.ClH/c1-22-13-7-10-21(24)23-18(17-8-5-4-6-9-17)14-16-11-12-19(25-2)20(15-16)26-3;/h4-6,8-9,11-12,15,18,22H,7,10,13-14H2,1-3H3,(H,23,24);1H. The van der Waals surface area contributed by atoms with Crippen LogP contribution >= 0.6 is 12.4 Å². The molecule has 0 radical (unpaired) electrons. The van der Waals surface area contributed by atoms with E-state index in [1.54, 1.807) is 14.2 Å². The predicted molar refractivity (Wildman–Crippen MR) is 111 cm³/mol. The Kier molecular flexibility index (Phi) is 10.3. The van der Waals surface area contributed by atoms with Crippen molar-refractivity contribution in [1.82, 2.24) is 10.6 Å². The SMILES string of the molecule is CNCCCC(=O)NC(Cc1ccc(OC)c(OC)c1)c1ccccc1.Cl. The molecule has 0 saturated heterocycles. The lowest BCUT2D eigenvalue weighted by Crippen LogP contribution is -2.30. The molecule has 27 heavy (non-hydrogen) atoms. The molecule has 2 rings (SSSR count). The molecule has 0 aromatic heterocycles. The minimum Gasteiger partial charge on any atom is -0.493 e. The van der Waals surface area contributed by atoms with E-state index in [1.165, 1.54) is 0 Å². The van der Waals surface area contributed by atoms with E-state index in [1.807, 2.05) is 55.6 Å². The Bertz CT molecular complexity index is 695. The van der Waals surface area contributed by atoms with Crippen molar-refractivity contribution in [2.45, 2.75) is 25.3 Å². The zero-order chi connectivity index (χ0) is 18.8. The normalized spacial score (nSPS) is 11.2. The van der Waals surface area contributed by atoms with Crippen molar-refractivity contribution < 1.29 is 14.3 Å². The number of nitrogens with one attached hydrogen (secondary N) is 2. The molecule has 0 aliphatic heterocycles. The third-order valence-corrected chi connectivity index (χ3v) is 4.26. The van der Waals surface area contributed by atoms with E-state index >= 15 is 0 Å². The summed E-state index contributed by atoms with van der Waals surface area (Å²) in [6.45, 7) is 0.832. The van der Waals surface area contributed by atoms with Gasteiger partial charge < -0.3 is 20.1 Å². The topological polar surface area (TPSA) is 59.6 Å². The molecule has 2 aromatic rings. The van der Waals surface area contributed by atoms with E-state index in [-0.39, 0.29) is 24.4 Å². The second kappa shape index (κ2) is 12.2. The summed E-state index contributed by atoms with van der Waals surface area (Å²) in [6.07, 6.45) is 2.01. The first-order valence-electron chi connectivity index (χ1n) is 8.87. The first-order valence-corrected chi connectivity index (χ1v) is 8.87. The van der Waals surface area contributed by atoms with Gasteiger partial charge in [-0.1, -0.05) is 36.4 Å². The Morgan fingerprint density at radius 2 is 1.74 bits per heavy atom. The highest BCUT2D eigenvalue weighted by atomic mass is 35.5. The Balaban J connectivity index is 0.00000364. The lowest BCUT2D eigenvalue weighted by atomic mass is 9.98. The number of ether oxygens (including phenoxy) is 2. The van der Waals surface area contributed by atoms with Crippen LogP contribution in [0, 0.1) is 0 Å². The molecule has 1 atom stereocenters. The van der Waals surface area contributed by atoms with Crippen LogP contribution in [-0.2, 0) is 11.2 Å². The van der Waals surface area contributed by atoms with Crippen molar-refractivity contribution in [1.29, 1.82) is 0 Å². The Labute approximate surface area is 167 Å². The summed E-state index contributed by atoms with van der Waals surface area (Å²) in [5.41, 5.74) is 2.16. The molecule has 0 aliphatic rings. The van der Waals surface area contributed by atoms with E-state index in [0.717, 1.165) is 24.1 Å². The third kappa shape index (κ3) is 7.12. The molecule has 1 amide bonds. The largest absolute Gasteiger partial charge is 0.493 e. The molecule has 0 aliphatic carbocycles. The van der Waals surface area contributed by atoms with Crippen LogP contribution in [0.3, 0.4) is 0 Å². The van der Waals surface area contributed by atoms with Gasteiger partial charge in [-0.3, -0.25) is 4.79 Å². The first-order chi connectivity index (χ1) is 12.7. The number of methoxy groups -OCH3 is 2. The summed E-state index contributed by atoms with van der Waals surface area (Å²) in [6, 6.07) is 15.8. The summed E-state index contributed by atoms with van der Waals surface area (Å²) in [4.78, 5) is 12.3. The van der Waals surface area contributed by atoms with Gasteiger partial charge in [-0.15, -0.1) is 12.4 Å². The van der Waals surface area contributed by atoms with Crippen LogP contribution < -0.4 is 20.1 Å². The Morgan fingerprint density at radius 1 is 1.04 bits per heavy atom. The number of rotatable bonds is 10. The predicted octanol–water partition coefficient (Wildman–Crippen LogP) is 3.53. The molecular formula is C21H29ClN2O3. The second-order valence-electron chi connectivity index (χ2n) is 6.13. The van der Waals surface area contributed by atoms with Crippen LogP contribution in [0.1, 0.15) is 30.0 Å². The number of halogens is 1. The fourth-order valence-electron chi connectivity index (χ4n) is 2.87. The summed E-state index contributed by atoms with van der Waals surface area (Å²) in [5.74, 6) is 1.45. The van der Waals surface area contributed by atoms with Gasteiger partial charge in [0.1, 0.15) is 0 Å². The summed E-state index contributed by atoms with van der Waals surface area (Å²) in [7, 11) is 5.14. The maximum Gasteiger partial charge on any atom is 0.220 e. The van der Waals surface area contributed by atoms with Gasteiger partial charge in [0.25, 0.3) is 0 Å². The number of carbonyl (C=O) groups excluding carboxylic acids is 1. The van der Waals surface area contributed by atoms with Crippen LogP contribution in [0.25, 0.3) is 0 Å². The van der Waals surface area contributed by atoms with Gasteiger partial charge in [0.2, 0.25) is 5.91 Å². The number of amides is 1. The molecule has 2 N–H and O–H groups in total. The number of hydrogen-bond donors (Lipinski definition) is 2. The summed E-state index contributed by atoms with van der Waals surface area (Å²) in [5, 5.41) is 6.23. The van der Waals surface area contributed by atoms with Crippen molar-refractivity contribution in [3.05, 3.63) is 59.7 Å². The van der Waals surface area contributed by atoms with Crippen LogP contribution in [0.15, 0.2) is 48.5 Å². The minimum atomic E-state index is -0.0867. The van der Waals surface area contributed by atoms with Crippen molar-refractivity contribution in [2.75, 3.05) is 27.8 Å². The lowest BCUT2D eigenvalue weighted by Gasteiger charge is -2.20. The highest BCUT2D eigenvalue weighted by molar-refractivity contribution is 5.85. The van der Waals surface area contributed by atoms with E-state index in [4.69, 9.17) is 9.47 Å². The van der Waals surface area contributed by atoms with Crippen LogP contribution in [0.4, 0.5) is 0 Å². The fraction of sp³-hybridized carbons (Fsp3) is 0.381. The van der Waals surface area contributed by atoms with Crippen molar-refractivity contribution in [3.63, 3.8) is 0 Å². The van der Waals surface area contributed by atoms with E-state index in [2.05, 4.69) is 10.6 Å². The van der Waals surface area contributed by atoms with Gasteiger partial charge in [0.05, 0.1) is 20.3 Å². The van der Waals surface area contributed by atoms with Gasteiger partial charge in [-0.2, -0.15) is 0 Å². The van der Waals surface area contributed by atoms with Crippen LogP contribution in [0.5, 0.6) is 11.5 Å². The monoisotopic (exact) mass is 392 g/mol. The number of benzene rings is 2. The quantitative estimate of drug-likeness (QED) is 0.607. The molecule has 0 heterocycles. The van der Waals surface area contributed by atoms with Gasteiger partial charge in [0, 0.05) is 6.42 Å². The third-order valence-electron chi connectivity index (χ3n) is 4.26. The fourth-order valence-corrected chi connectivity index (χ4v) is 2.87. The van der Waals surface area contributed by atoms with Gasteiger partial charge in [-0.05, 0) is 49.7 Å². The van der Waals surface area contributed by atoms with E-state index in [9.17, 15) is 4.79 Å². The van der Waals surface area contributed by atoms with Gasteiger partial charge in [0.15, 0.2) is 11.5 Å². The smallest absolute Gasteiger partial charge is 0.220 e. The van der Waals surface area contributed by atoms with Crippen LogP contribution in [-0.4, -0.2) is 33.7 Å². The zero-order valence-electron chi connectivity index (χ0n) is 16.2. The number of hydrogen-bond acceptors (Lipinski definition) is 4. The first kappa shape index (κ1) is 22.8. The van der Waals surface area contributed by atoms with Crippen molar-refractivity contribution >= 4 is 18.3 Å². The molecule has 2 aromatic carbocycles. The van der Waals surface area contributed by atoms with E-state index < -0.39 is 0 Å². The highest BCUT2D eigenvalue weighted by Crippen LogP contribution is 2.29. The lowest BCUT2D eigenvalue weighted by molar-refractivity contribution is -0.121. The average molecular weight is 393 g/mol. The molecular weight excluding hydrogens is 364 g/mol. The molecule has 0 saturated carbocycles. The zero-order valence-corrected chi connectivity index (χ0v) is 17.0. The van der Waals surface area contributed by atoms with Crippen LogP contribution in [0.2, 0.25) is 0 Å². The Hall–Kier alpha value is -2.24.